The summed E-state index contributed by atoms with van der Waals surface area (Å²) in [5.41, 5.74) is 5.94. The summed E-state index contributed by atoms with van der Waals surface area (Å²) in [6.07, 6.45) is 4.88. The van der Waals surface area contributed by atoms with E-state index in [1.54, 1.807) is 6.07 Å². The minimum Gasteiger partial charge on any atom is -0.370 e. The van der Waals surface area contributed by atoms with Gasteiger partial charge in [-0.15, -0.1) is 0 Å². The quantitative estimate of drug-likeness (QED) is 0.840. The van der Waals surface area contributed by atoms with E-state index in [2.05, 4.69) is 5.32 Å². The van der Waals surface area contributed by atoms with Crippen LogP contribution in [-0.4, -0.2) is 11.9 Å². The zero-order chi connectivity index (χ0) is 14.5. The lowest BCUT2D eigenvalue weighted by molar-refractivity contribution is -0.118. The molecule has 1 aromatic rings. The largest absolute Gasteiger partial charge is 0.370 e. The first kappa shape index (κ1) is 15.0. The summed E-state index contributed by atoms with van der Waals surface area (Å²) in [7, 11) is 0. The second-order valence-electron chi connectivity index (χ2n) is 5.78. The zero-order valence-corrected chi connectivity index (χ0v) is 11.9. The molecule has 0 aliphatic heterocycles. The molecule has 1 saturated carbocycles. The second-order valence-corrected chi connectivity index (χ2v) is 5.78. The third kappa shape index (κ3) is 3.79. The van der Waals surface area contributed by atoms with Crippen molar-refractivity contribution in [2.24, 2.45) is 11.7 Å². The number of hydrogen-bond donors (Lipinski definition) is 2. The molecule has 1 amide bonds. The Balaban J connectivity index is 2.16. The molecule has 0 saturated heterocycles. The van der Waals surface area contributed by atoms with Crippen LogP contribution in [0.25, 0.3) is 0 Å². The van der Waals surface area contributed by atoms with Crippen LogP contribution in [0.5, 0.6) is 0 Å². The summed E-state index contributed by atoms with van der Waals surface area (Å²) in [5.74, 6) is -0.0749. The first-order chi connectivity index (χ1) is 9.58. The fourth-order valence-corrected chi connectivity index (χ4v) is 3.17. The van der Waals surface area contributed by atoms with Gasteiger partial charge in [-0.2, -0.15) is 0 Å². The van der Waals surface area contributed by atoms with Gasteiger partial charge in [0.1, 0.15) is 5.82 Å². The van der Waals surface area contributed by atoms with Crippen LogP contribution in [-0.2, 0) is 4.79 Å². The molecular weight excluding hydrogens is 255 g/mol. The van der Waals surface area contributed by atoms with Gasteiger partial charge in [-0.05, 0) is 31.7 Å². The predicted octanol–water partition coefficient (Wildman–Crippen LogP) is 2.91. The van der Waals surface area contributed by atoms with Crippen LogP contribution in [0.1, 0.15) is 50.6 Å². The summed E-state index contributed by atoms with van der Waals surface area (Å²) >= 11 is 0. The topological polar surface area (TPSA) is 55.1 Å². The molecule has 0 aromatic heterocycles. The third-order valence-corrected chi connectivity index (χ3v) is 4.08. The normalized spacial score (nSPS) is 18.9. The van der Waals surface area contributed by atoms with Crippen molar-refractivity contribution in [2.45, 2.75) is 51.1 Å². The summed E-state index contributed by atoms with van der Waals surface area (Å²) < 4.78 is 14.1. The maximum atomic E-state index is 14.1. The monoisotopic (exact) mass is 278 g/mol. The standard InChI is InChI=1S/C16H23FN2O/c1-11(10-15(18)20)19-16(12-6-2-3-7-12)13-8-4-5-9-14(13)17/h4-5,8-9,11-12,16,19H,2-3,6-7,10H2,1H3,(H2,18,20)/t11-,16-/m0/s1. The van der Waals surface area contributed by atoms with E-state index in [9.17, 15) is 9.18 Å². The molecule has 1 aliphatic carbocycles. The van der Waals surface area contributed by atoms with Crippen LogP contribution in [0, 0.1) is 11.7 Å². The first-order valence-corrected chi connectivity index (χ1v) is 7.36. The second kappa shape index (κ2) is 6.84. The van der Waals surface area contributed by atoms with Gasteiger partial charge in [0.15, 0.2) is 0 Å². The zero-order valence-electron chi connectivity index (χ0n) is 11.9. The Labute approximate surface area is 119 Å². The fraction of sp³-hybridized carbons (Fsp3) is 0.562. The van der Waals surface area contributed by atoms with E-state index >= 15 is 0 Å². The van der Waals surface area contributed by atoms with Gasteiger partial charge >= 0.3 is 0 Å². The highest BCUT2D eigenvalue weighted by atomic mass is 19.1. The molecule has 0 unspecified atom stereocenters. The predicted molar refractivity (Wildman–Crippen MR) is 77.5 cm³/mol. The van der Waals surface area contributed by atoms with Crippen LogP contribution < -0.4 is 11.1 Å². The smallest absolute Gasteiger partial charge is 0.218 e. The minimum absolute atomic E-state index is 0.0342. The molecule has 2 atom stereocenters. The van der Waals surface area contributed by atoms with Gasteiger partial charge in [0.05, 0.1) is 0 Å². The average molecular weight is 278 g/mol. The van der Waals surface area contributed by atoms with E-state index in [0.29, 0.717) is 11.5 Å². The minimum atomic E-state index is -0.330. The number of hydrogen-bond acceptors (Lipinski definition) is 2. The van der Waals surface area contributed by atoms with Gasteiger partial charge in [-0.3, -0.25) is 4.79 Å². The highest BCUT2D eigenvalue weighted by Gasteiger charge is 2.29. The van der Waals surface area contributed by atoms with Gasteiger partial charge in [-0.1, -0.05) is 31.0 Å². The lowest BCUT2D eigenvalue weighted by Gasteiger charge is -2.28. The fourth-order valence-electron chi connectivity index (χ4n) is 3.17. The summed E-state index contributed by atoms with van der Waals surface area (Å²) in [6, 6.07) is 6.82. The summed E-state index contributed by atoms with van der Waals surface area (Å²) in [5, 5.41) is 3.41. The maximum absolute atomic E-state index is 14.1. The van der Waals surface area contributed by atoms with E-state index in [1.807, 2.05) is 19.1 Å². The van der Waals surface area contributed by atoms with Gasteiger partial charge in [-0.25, -0.2) is 4.39 Å². The third-order valence-electron chi connectivity index (χ3n) is 4.08. The Morgan fingerprint density at radius 2 is 2.05 bits per heavy atom. The van der Waals surface area contributed by atoms with Crippen LogP contribution in [0.15, 0.2) is 24.3 Å². The number of nitrogens with two attached hydrogens (primary N) is 1. The number of rotatable bonds is 6. The molecule has 1 aliphatic rings. The SMILES string of the molecule is C[C@@H](CC(N)=O)N[C@H](c1ccccc1F)C1CCCC1. The van der Waals surface area contributed by atoms with Crippen molar-refractivity contribution in [3.63, 3.8) is 0 Å². The summed E-state index contributed by atoms with van der Waals surface area (Å²) in [4.78, 5) is 11.0. The molecule has 0 heterocycles. The number of benzene rings is 1. The van der Waals surface area contributed by atoms with Crippen molar-refractivity contribution in [3.8, 4) is 0 Å². The van der Waals surface area contributed by atoms with Crippen LogP contribution in [0.4, 0.5) is 4.39 Å². The van der Waals surface area contributed by atoms with E-state index in [4.69, 9.17) is 5.73 Å². The lowest BCUT2D eigenvalue weighted by atomic mass is 9.90. The Kier molecular flexibility index (Phi) is 5.12. The molecule has 20 heavy (non-hydrogen) atoms. The van der Waals surface area contributed by atoms with E-state index in [1.165, 1.54) is 18.9 Å². The number of primary amides is 1. The lowest BCUT2D eigenvalue weighted by Crippen LogP contribution is -2.37. The Morgan fingerprint density at radius 3 is 2.65 bits per heavy atom. The number of carbonyl (C=O) groups is 1. The van der Waals surface area contributed by atoms with Gasteiger partial charge in [0, 0.05) is 24.1 Å². The highest BCUT2D eigenvalue weighted by molar-refractivity contribution is 5.74. The highest BCUT2D eigenvalue weighted by Crippen LogP contribution is 2.36. The van der Waals surface area contributed by atoms with Crippen molar-refractivity contribution < 1.29 is 9.18 Å². The molecule has 0 bridgehead atoms. The van der Waals surface area contributed by atoms with E-state index in [0.717, 1.165) is 12.8 Å². The molecule has 1 aromatic carbocycles. The van der Waals surface area contributed by atoms with Crippen molar-refractivity contribution in [2.75, 3.05) is 0 Å². The molecule has 0 spiro atoms. The van der Waals surface area contributed by atoms with Crippen molar-refractivity contribution in [1.82, 2.24) is 5.32 Å². The van der Waals surface area contributed by atoms with Gasteiger partial charge < -0.3 is 11.1 Å². The van der Waals surface area contributed by atoms with Crippen LogP contribution in [0.2, 0.25) is 0 Å². The molecule has 4 heteroatoms. The average Bonchev–Trinajstić information content (AvgIpc) is 2.89. The van der Waals surface area contributed by atoms with Gasteiger partial charge in [0.2, 0.25) is 5.91 Å². The molecule has 110 valence electrons. The molecule has 1 fully saturated rings. The van der Waals surface area contributed by atoms with E-state index < -0.39 is 0 Å². The van der Waals surface area contributed by atoms with Crippen LogP contribution >= 0.6 is 0 Å². The van der Waals surface area contributed by atoms with Gasteiger partial charge in [0.25, 0.3) is 0 Å². The van der Waals surface area contributed by atoms with E-state index in [-0.39, 0.29) is 30.2 Å². The molecule has 3 N–H and O–H groups in total. The molecule has 3 nitrogen and oxygen atoms in total. The molecular formula is C16H23FN2O. The Morgan fingerprint density at radius 1 is 1.40 bits per heavy atom. The van der Waals surface area contributed by atoms with Crippen molar-refractivity contribution >= 4 is 5.91 Å². The Hall–Kier alpha value is -1.42. The summed E-state index contributed by atoms with van der Waals surface area (Å²) in [6.45, 7) is 1.92. The molecule has 2 rings (SSSR count). The maximum Gasteiger partial charge on any atom is 0.218 e. The number of nitrogens with one attached hydrogen (secondary N) is 1. The first-order valence-electron chi connectivity index (χ1n) is 7.36. The van der Waals surface area contributed by atoms with Crippen molar-refractivity contribution in [3.05, 3.63) is 35.6 Å². The number of carbonyl (C=O) groups excluding carboxylic acids is 1. The number of amides is 1. The number of halogens is 1. The van der Waals surface area contributed by atoms with Crippen molar-refractivity contribution in [1.29, 1.82) is 0 Å². The molecule has 0 radical (unpaired) electrons. The Bertz CT molecular complexity index is 458. The van der Waals surface area contributed by atoms with Crippen LogP contribution in [0.3, 0.4) is 0 Å².